The third-order valence-corrected chi connectivity index (χ3v) is 5.45. The fourth-order valence-corrected chi connectivity index (χ4v) is 3.75. The Kier molecular flexibility index (Phi) is 4.20. The monoisotopic (exact) mass is 339 g/mol. The van der Waals surface area contributed by atoms with Crippen LogP contribution >= 0.6 is 0 Å². The number of piperazine rings is 1. The summed E-state index contributed by atoms with van der Waals surface area (Å²) in [5.41, 5.74) is 1.83. The molecule has 0 bridgehead atoms. The number of benzene rings is 1. The standard InChI is InChI=1S/C15H21N3O4S/c1-11-9-12-10-13(3-4-14(12)22-11)16-15(19)17-5-7-18(8-6-17)23(2,20)21/h3-4,10-11H,5-9H2,1-2H3,(H,16,19)/t11-/m0/s1. The van der Waals surface area contributed by atoms with E-state index in [-0.39, 0.29) is 12.1 Å². The molecule has 23 heavy (non-hydrogen) atoms. The lowest BCUT2D eigenvalue weighted by molar-refractivity contribution is 0.184. The van der Waals surface area contributed by atoms with Crippen LogP contribution in [0.5, 0.6) is 5.75 Å². The molecule has 8 heteroatoms. The van der Waals surface area contributed by atoms with Crippen LogP contribution in [0.3, 0.4) is 0 Å². The maximum Gasteiger partial charge on any atom is 0.321 e. The number of anilines is 1. The van der Waals surface area contributed by atoms with Crippen molar-refractivity contribution in [1.82, 2.24) is 9.21 Å². The smallest absolute Gasteiger partial charge is 0.321 e. The highest BCUT2D eigenvalue weighted by Gasteiger charge is 2.26. The van der Waals surface area contributed by atoms with Gasteiger partial charge in [0.1, 0.15) is 11.9 Å². The summed E-state index contributed by atoms with van der Waals surface area (Å²) in [6.45, 7) is 3.47. The van der Waals surface area contributed by atoms with Crippen molar-refractivity contribution < 1.29 is 17.9 Å². The third kappa shape index (κ3) is 3.59. The molecular weight excluding hydrogens is 318 g/mol. The zero-order valence-electron chi connectivity index (χ0n) is 13.3. The first-order valence-electron chi connectivity index (χ1n) is 7.63. The second kappa shape index (κ2) is 6.01. The van der Waals surface area contributed by atoms with E-state index in [2.05, 4.69) is 5.32 Å². The predicted octanol–water partition coefficient (Wildman–Crippen LogP) is 1.12. The number of nitrogens with one attached hydrogen (secondary N) is 1. The molecule has 3 rings (SSSR count). The van der Waals surface area contributed by atoms with E-state index in [0.29, 0.717) is 26.2 Å². The summed E-state index contributed by atoms with van der Waals surface area (Å²) in [6, 6.07) is 5.42. The Bertz CT molecular complexity index is 711. The van der Waals surface area contributed by atoms with E-state index >= 15 is 0 Å². The normalized spacial score (nSPS) is 21.7. The Labute approximate surface area is 136 Å². The third-order valence-electron chi connectivity index (χ3n) is 4.14. The second-order valence-corrected chi connectivity index (χ2v) is 8.02. The van der Waals surface area contributed by atoms with Gasteiger partial charge in [-0.25, -0.2) is 13.2 Å². The average molecular weight is 339 g/mol. The maximum absolute atomic E-state index is 12.3. The molecule has 1 aromatic carbocycles. The van der Waals surface area contributed by atoms with Crippen LogP contribution in [0.1, 0.15) is 12.5 Å². The fourth-order valence-electron chi connectivity index (χ4n) is 2.93. The van der Waals surface area contributed by atoms with Gasteiger partial charge in [0, 0.05) is 38.3 Å². The van der Waals surface area contributed by atoms with Gasteiger partial charge in [-0.1, -0.05) is 0 Å². The van der Waals surface area contributed by atoms with Gasteiger partial charge in [0.2, 0.25) is 10.0 Å². The topological polar surface area (TPSA) is 79.0 Å². The molecule has 1 N–H and O–H groups in total. The largest absolute Gasteiger partial charge is 0.490 e. The number of ether oxygens (including phenoxy) is 1. The van der Waals surface area contributed by atoms with Crippen molar-refractivity contribution in [2.24, 2.45) is 0 Å². The van der Waals surface area contributed by atoms with E-state index in [1.54, 1.807) is 4.90 Å². The van der Waals surface area contributed by atoms with E-state index in [1.165, 1.54) is 10.6 Å². The lowest BCUT2D eigenvalue weighted by Gasteiger charge is -2.33. The minimum absolute atomic E-state index is 0.167. The van der Waals surface area contributed by atoms with Gasteiger partial charge < -0.3 is 15.0 Å². The van der Waals surface area contributed by atoms with Crippen LogP contribution in [0, 0.1) is 0 Å². The molecule has 0 aliphatic carbocycles. The average Bonchev–Trinajstić information content (AvgIpc) is 2.86. The Hall–Kier alpha value is -1.80. The summed E-state index contributed by atoms with van der Waals surface area (Å²) < 4.78 is 30.0. The summed E-state index contributed by atoms with van der Waals surface area (Å²) >= 11 is 0. The summed E-state index contributed by atoms with van der Waals surface area (Å²) in [7, 11) is -3.18. The summed E-state index contributed by atoms with van der Waals surface area (Å²) in [5, 5.41) is 2.87. The van der Waals surface area contributed by atoms with E-state index < -0.39 is 10.0 Å². The number of rotatable bonds is 2. The SMILES string of the molecule is C[C@H]1Cc2cc(NC(=O)N3CCN(S(C)(=O)=O)CC3)ccc2O1. The number of hydrogen-bond acceptors (Lipinski definition) is 4. The molecule has 2 aliphatic rings. The van der Waals surface area contributed by atoms with Crippen LogP contribution in [0.4, 0.5) is 10.5 Å². The number of amides is 2. The molecule has 0 spiro atoms. The number of nitrogens with zero attached hydrogens (tertiary/aromatic N) is 2. The highest BCUT2D eigenvalue weighted by Crippen LogP contribution is 2.31. The molecule has 0 radical (unpaired) electrons. The maximum atomic E-state index is 12.3. The zero-order valence-corrected chi connectivity index (χ0v) is 14.1. The van der Waals surface area contributed by atoms with Crippen molar-refractivity contribution in [3.63, 3.8) is 0 Å². The Morgan fingerprint density at radius 3 is 2.61 bits per heavy atom. The first kappa shape index (κ1) is 16.1. The number of urea groups is 1. The number of carbonyl (C=O) groups is 1. The Morgan fingerprint density at radius 1 is 1.26 bits per heavy atom. The first-order chi connectivity index (χ1) is 10.8. The number of sulfonamides is 1. The van der Waals surface area contributed by atoms with Gasteiger partial charge >= 0.3 is 6.03 Å². The van der Waals surface area contributed by atoms with Crippen molar-refractivity contribution in [3.05, 3.63) is 23.8 Å². The first-order valence-corrected chi connectivity index (χ1v) is 9.48. The number of carbonyl (C=O) groups excluding carboxylic acids is 1. The zero-order chi connectivity index (χ0) is 16.6. The van der Waals surface area contributed by atoms with Gasteiger partial charge in [-0.2, -0.15) is 4.31 Å². The fraction of sp³-hybridized carbons (Fsp3) is 0.533. The molecule has 126 valence electrons. The molecule has 1 saturated heterocycles. The minimum atomic E-state index is -3.18. The number of fused-ring (bicyclic) bond motifs is 1. The summed E-state index contributed by atoms with van der Waals surface area (Å²) in [6.07, 6.45) is 2.20. The molecule has 2 aliphatic heterocycles. The predicted molar refractivity (Wildman–Crippen MR) is 87.2 cm³/mol. The van der Waals surface area contributed by atoms with Crippen molar-refractivity contribution in [2.75, 3.05) is 37.8 Å². The van der Waals surface area contributed by atoms with Crippen molar-refractivity contribution in [2.45, 2.75) is 19.4 Å². The molecule has 1 atom stereocenters. The van der Waals surface area contributed by atoms with E-state index in [0.717, 1.165) is 23.4 Å². The van der Waals surface area contributed by atoms with Crippen molar-refractivity contribution >= 4 is 21.7 Å². The van der Waals surface area contributed by atoms with Crippen LogP contribution in [-0.4, -0.2) is 62.2 Å². The summed E-state index contributed by atoms with van der Waals surface area (Å²) in [4.78, 5) is 13.9. The lowest BCUT2D eigenvalue weighted by atomic mass is 10.1. The van der Waals surface area contributed by atoms with E-state index in [1.807, 2.05) is 25.1 Å². The van der Waals surface area contributed by atoms with Crippen LogP contribution < -0.4 is 10.1 Å². The quantitative estimate of drug-likeness (QED) is 0.876. The Morgan fingerprint density at radius 2 is 1.96 bits per heavy atom. The van der Waals surface area contributed by atoms with Crippen LogP contribution in [0.15, 0.2) is 18.2 Å². The van der Waals surface area contributed by atoms with Crippen LogP contribution in [-0.2, 0) is 16.4 Å². The van der Waals surface area contributed by atoms with Gasteiger partial charge in [-0.15, -0.1) is 0 Å². The van der Waals surface area contributed by atoms with Crippen LogP contribution in [0.25, 0.3) is 0 Å². The van der Waals surface area contributed by atoms with E-state index in [4.69, 9.17) is 4.74 Å². The molecule has 0 saturated carbocycles. The second-order valence-electron chi connectivity index (χ2n) is 6.03. The molecule has 2 heterocycles. The van der Waals surface area contributed by atoms with Gasteiger partial charge in [-0.3, -0.25) is 0 Å². The molecule has 0 aromatic heterocycles. The van der Waals surface area contributed by atoms with Gasteiger partial charge in [0.25, 0.3) is 0 Å². The number of hydrogen-bond donors (Lipinski definition) is 1. The molecule has 1 fully saturated rings. The lowest BCUT2D eigenvalue weighted by Crippen LogP contribution is -2.51. The van der Waals surface area contributed by atoms with Gasteiger partial charge in [-0.05, 0) is 30.7 Å². The Balaban J connectivity index is 1.59. The van der Waals surface area contributed by atoms with Gasteiger partial charge in [0.05, 0.1) is 6.26 Å². The van der Waals surface area contributed by atoms with Crippen molar-refractivity contribution in [3.8, 4) is 5.75 Å². The highest BCUT2D eigenvalue weighted by atomic mass is 32.2. The van der Waals surface area contributed by atoms with Gasteiger partial charge in [0.15, 0.2) is 0 Å². The highest BCUT2D eigenvalue weighted by molar-refractivity contribution is 7.88. The molecule has 0 unspecified atom stereocenters. The molecular formula is C15H21N3O4S. The minimum Gasteiger partial charge on any atom is -0.490 e. The van der Waals surface area contributed by atoms with Crippen molar-refractivity contribution in [1.29, 1.82) is 0 Å². The molecule has 1 aromatic rings. The van der Waals surface area contributed by atoms with E-state index in [9.17, 15) is 13.2 Å². The van der Waals surface area contributed by atoms with Crippen LogP contribution in [0.2, 0.25) is 0 Å². The summed E-state index contributed by atoms with van der Waals surface area (Å²) in [5.74, 6) is 0.872. The molecule has 7 nitrogen and oxygen atoms in total. The molecule has 2 amide bonds.